The van der Waals surface area contributed by atoms with Crippen LogP contribution < -0.4 is 4.90 Å². The lowest BCUT2D eigenvalue weighted by Crippen LogP contribution is -2.24. The summed E-state index contributed by atoms with van der Waals surface area (Å²) >= 11 is 1.36. The van der Waals surface area contributed by atoms with Gasteiger partial charge in [-0.2, -0.15) is 13.2 Å². The van der Waals surface area contributed by atoms with E-state index in [0.717, 1.165) is 10.6 Å². The third-order valence-corrected chi connectivity index (χ3v) is 5.06. The van der Waals surface area contributed by atoms with Gasteiger partial charge in [-0.15, -0.1) is 11.8 Å². The zero-order valence-electron chi connectivity index (χ0n) is 12.6. The number of hydrogen-bond donors (Lipinski definition) is 0. The minimum Gasteiger partial charge on any atom is -0.287 e. The van der Waals surface area contributed by atoms with Gasteiger partial charge in [-0.3, -0.25) is 9.69 Å². The molecule has 24 heavy (non-hydrogen) atoms. The molecule has 0 N–H and O–H groups in total. The number of carbonyl (C=O) groups excluding carboxylic acids is 1. The van der Waals surface area contributed by atoms with E-state index in [4.69, 9.17) is 0 Å². The predicted octanol–water partition coefficient (Wildman–Crippen LogP) is 4.97. The number of pyridine rings is 1. The average Bonchev–Trinajstić information content (AvgIpc) is 2.84. The molecule has 0 fully saturated rings. The summed E-state index contributed by atoms with van der Waals surface area (Å²) in [7, 11) is 0. The van der Waals surface area contributed by atoms with Crippen LogP contribution in [-0.4, -0.2) is 22.2 Å². The van der Waals surface area contributed by atoms with Gasteiger partial charge in [0, 0.05) is 16.7 Å². The normalized spacial score (nSPS) is 14.2. The van der Waals surface area contributed by atoms with Crippen molar-refractivity contribution in [1.82, 2.24) is 4.98 Å². The molecule has 0 saturated carbocycles. The monoisotopic (exact) mass is 370 g/mol. The fourth-order valence-electron chi connectivity index (χ4n) is 2.50. The summed E-state index contributed by atoms with van der Waals surface area (Å²) in [6.45, 7) is 2.32. The van der Waals surface area contributed by atoms with Crippen LogP contribution in [0.2, 0.25) is 0 Å². The van der Waals surface area contributed by atoms with Crippen LogP contribution in [0.1, 0.15) is 22.8 Å². The smallest absolute Gasteiger partial charge is 0.287 e. The largest absolute Gasteiger partial charge is 0.446 e. The number of aromatic nitrogens is 1. The highest BCUT2D eigenvalue weighted by Gasteiger charge is 2.33. The van der Waals surface area contributed by atoms with Crippen LogP contribution in [0, 0.1) is 0 Å². The van der Waals surface area contributed by atoms with Crippen LogP contribution >= 0.6 is 23.5 Å². The highest BCUT2D eigenvalue weighted by atomic mass is 32.2. The number of amides is 1. The molecule has 1 aromatic carbocycles. The Bertz CT molecular complexity index is 780. The maximum atomic E-state index is 12.7. The Balaban J connectivity index is 1.92. The first-order valence-electron chi connectivity index (χ1n) is 7.17. The summed E-state index contributed by atoms with van der Waals surface area (Å²) in [6, 6.07) is 7.97. The summed E-state index contributed by atoms with van der Waals surface area (Å²) in [6.07, 6.45) is 1.61. The van der Waals surface area contributed by atoms with Gasteiger partial charge >= 0.3 is 5.51 Å². The fraction of sp³-hybridized carbons (Fsp3) is 0.250. The Morgan fingerprint density at radius 2 is 2.08 bits per heavy atom. The molecule has 0 aliphatic carbocycles. The number of hydrogen-bond acceptors (Lipinski definition) is 4. The summed E-state index contributed by atoms with van der Waals surface area (Å²) in [5.41, 5.74) is -3.35. The van der Waals surface area contributed by atoms with Crippen molar-refractivity contribution in [2.45, 2.75) is 28.8 Å². The van der Waals surface area contributed by atoms with E-state index >= 15 is 0 Å². The number of alkyl halides is 3. The van der Waals surface area contributed by atoms with Crippen molar-refractivity contribution in [2.24, 2.45) is 0 Å². The minimum absolute atomic E-state index is 0.0145. The SMILES string of the molecule is CCSc1cccnc1N1Cc2ccc(SC(F)(F)F)cc2C1=O. The van der Waals surface area contributed by atoms with Gasteiger partial charge in [0.05, 0.1) is 11.4 Å². The molecule has 3 nitrogen and oxygen atoms in total. The predicted molar refractivity (Wildman–Crippen MR) is 89.5 cm³/mol. The van der Waals surface area contributed by atoms with Crippen molar-refractivity contribution < 1.29 is 18.0 Å². The highest BCUT2D eigenvalue weighted by molar-refractivity contribution is 8.00. The van der Waals surface area contributed by atoms with Crippen molar-refractivity contribution in [3.05, 3.63) is 47.7 Å². The molecule has 126 valence electrons. The maximum absolute atomic E-state index is 12.7. The van der Waals surface area contributed by atoms with Crippen molar-refractivity contribution in [2.75, 3.05) is 10.7 Å². The quantitative estimate of drug-likeness (QED) is 0.712. The van der Waals surface area contributed by atoms with Crippen LogP contribution in [0.5, 0.6) is 0 Å². The van der Waals surface area contributed by atoms with E-state index < -0.39 is 5.51 Å². The summed E-state index contributed by atoms with van der Waals surface area (Å²) < 4.78 is 37.6. The Hall–Kier alpha value is -1.67. The molecular weight excluding hydrogens is 357 g/mol. The Labute approximate surface area is 145 Å². The molecule has 1 amide bonds. The van der Waals surface area contributed by atoms with Gasteiger partial charge < -0.3 is 0 Å². The first-order valence-corrected chi connectivity index (χ1v) is 8.97. The van der Waals surface area contributed by atoms with Crippen LogP contribution in [0.15, 0.2) is 46.3 Å². The molecule has 3 rings (SSSR count). The molecule has 8 heteroatoms. The van der Waals surface area contributed by atoms with Crippen molar-refractivity contribution in [1.29, 1.82) is 0 Å². The molecule has 0 spiro atoms. The van der Waals surface area contributed by atoms with Gasteiger partial charge in [-0.05, 0) is 47.3 Å². The molecule has 2 aromatic rings. The van der Waals surface area contributed by atoms with E-state index in [0.29, 0.717) is 23.5 Å². The first kappa shape index (κ1) is 17.2. The Kier molecular flexibility index (Phi) is 4.78. The molecule has 1 aliphatic heterocycles. The molecule has 0 atom stereocenters. The van der Waals surface area contributed by atoms with E-state index in [9.17, 15) is 18.0 Å². The number of benzene rings is 1. The van der Waals surface area contributed by atoms with Crippen molar-refractivity contribution >= 4 is 35.2 Å². The van der Waals surface area contributed by atoms with E-state index in [1.165, 1.54) is 17.0 Å². The van der Waals surface area contributed by atoms with Crippen LogP contribution in [-0.2, 0) is 6.54 Å². The van der Waals surface area contributed by atoms with Crippen LogP contribution in [0.25, 0.3) is 0 Å². The van der Waals surface area contributed by atoms with Gasteiger partial charge in [0.2, 0.25) is 0 Å². The lowest BCUT2D eigenvalue weighted by atomic mass is 10.1. The summed E-state index contributed by atoms with van der Waals surface area (Å²) in [5.74, 6) is 1.07. The zero-order chi connectivity index (χ0) is 17.3. The molecule has 0 bridgehead atoms. The van der Waals surface area contributed by atoms with E-state index in [2.05, 4.69) is 4.98 Å². The second-order valence-corrected chi connectivity index (χ2v) is 7.46. The van der Waals surface area contributed by atoms with Crippen molar-refractivity contribution in [3.63, 3.8) is 0 Å². The van der Waals surface area contributed by atoms with Crippen molar-refractivity contribution in [3.8, 4) is 0 Å². The minimum atomic E-state index is -4.37. The number of anilines is 1. The van der Waals surface area contributed by atoms with Gasteiger partial charge in [0.1, 0.15) is 5.82 Å². The highest BCUT2D eigenvalue weighted by Crippen LogP contribution is 2.39. The summed E-state index contributed by atoms with van der Waals surface area (Å²) in [4.78, 5) is 19.4. The van der Waals surface area contributed by atoms with Gasteiger partial charge in [-0.1, -0.05) is 13.0 Å². The van der Waals surface area contributed by atoms with E-state index in [1.54, 1.807) is 30.1 Å². The third-order valence-electron chi connectivity index (χ3n) is 3.43. The van der Waals surface area contributed by atoms with Gasteiger partial charge in [0.25, 0.3) is 5.91 Å². The number of fused-ring (bicyclic) bond motifs is 1. The molecule has 1 aromatic heterocycles. The molecule has 0 unspecified atom stereocenters. The first-order chi connectivity index (χ1) is 11.4. The number of nitrogens with zero attached hydrogens (tertiary/aromatic N) is 2. The molecule has 2 heterocycles. The maximum Gasteiger partial charge on any atom is 0.446 e. The number of thioether (sulfide) groups is 2. The average molecular weight is 370 g/mol. The molecular formula is C16H13F3N2OS2. The van der Waals surface area contributed by atoms with E-state index in [-0.39, 0.29) is 22.6 Å². The lowest BCUT2D eigenvalue weighted by Gasteiger charge is -2.17. The third kappa shape index (κ3) is 3.54. The Morgan fingerprint density at radius 1 is 1.29 bits per heavy atom. The number of halogens is 3. The molecule has 1 aliphatic rings. The second-order valence-electron chi connectivity index (χ2n) is 5.02. The topological polar surface area (TPSA) is 33.2 Å². The number of carbonyl (C=O) groups is 1. The second kappa shape index (κ2) is 6.68. The van der Waals surface area contributed by atoms with E-state index in [1.807, 2.05) is 13.0 Å². The number of rotatable bonds is 4. The molecule has 0 radical (unpaired) electrons. The fourth-order valence-corrected chi connectivity index (χ4v) is 3.86. The lowest BCUT2D eigenvalue weighted by molar-refractivity contribution is -0.0328. The van der Waals surface area contributed by atoms with Crippen LogP contribution in [0.4, 0.5) is 19.0 Å². The van der Waals surface area contributed by atoms with Crippen LogP contribution in [0.3, 0.4) is 0 Å². The summed E-state index contributed by atoms with van der Waals surface area (Å²) in [5, 5.41) is 0. The standard InChI is InChI=1S/C16H13F3N2OS2/c1-2-23-13-4-3-7-20-14(13)21-9-10-5-6-11(24-16(17,18)19)8-12(10)15(21)22/h3-8H,2,9H2,1H3. The van der Waals surface area contributed by atoms with Gasteiger partial charge in [0.15, 0.2) is 0 Å². The molecule has 0 saturated heterocycles. The van der Waals surface area contributed by atoms with Gasteiger partial charge in [-0.25, -0.2) is 4.98 Å². The Morgan fingerprint density at radius 3 is 2.79 bits per heavy atom. The zero-order valence-corrected chi connectivity index (χ0v) is 14.3.